The maximum absolute atomic E-state index is 13.3. The van der Waals surface area contributed by atoms with Crippen LogP contribution in [0.2, 0.25) is 0 Å². The lowest BCUT2D eigenvalue weighted by molar-refractivity contribution is -0.126. The number of rotatable bonds is 12. The third-order valence-electron chi connectivity index (χ3n) is 8.30. The number of nitrogens with zero attached hydrogens (tertiary/aromatic N) is 5. The fourth-order valence-corrected chi connectivity index (χ4v) is 8.08. The Morgan fingerprint density at radius 1 is 0.980 bits per heavy atom. The minimum atomic E-state index is -4.37. The smallest absolute Gasteiger partial charge is 0.393 e. The number of aromatic nitrogens is 4. The van der Waals surface area contributed by atoms with Crippen LogP contribution < -0.4 is 19.7 Å². The summed E-state index contributed by atoms with van der Waals surface area (Å²) in [6.07, 6.45) is -4.07. The molecule has 0 bridgehead atoms. The number of hydrogen-bond acceptors (Lipinski definition) is 12. The lowest BCUT2D eigenvalue weighted by Crippen LogP contribution is -2.40. The molecule has 1 fully saturated rings. The Hall–Kier alpha value is -4.38. The van der Waals surface area contributed by atoms with Crippen LogP contribution in [0.1, 0.15) is 23.3 Å². The first-order valence-corrected chi connectivity index (χ1v) is 17.5. The van der Waals surface area contributed by atoms with Gasteiger partial charge < -0.3 is 19.7 Å². The molecular formula is C33H33F3N6O5S2. The second-order valence-corrected chi connectivity index (χ2v) is 14.2. The predicted molar refractivity (Wildman–Crippen MR) is 178 cm³/mol. The number of benzene rings is 2. The molecule has 16 heteroatoms. The Bertz CT molecular complexity index is 2010. The first kappa shape index (κ1) is 34.5. The Labute approximate surface area is 285 Å². The molecule has 6 rings (SSSR count). The molecule has 3 aromatic heterocycles. The van der Waals surface area contributed by atoms with Gasteiger partial charge in [-0.05, 0) is 36.6 Å². The van der Waals surface area contributed by atoms with Gasteiger partial charge >= 0.3 is 6.18 Å². The monoisotopic (exact) mass is 714 g/mol. The van der Waals surface area contributed by atoms with Gasteiger partial charge in [-0.1, -0.05) is 42.5 Å². The van der Waals surface area contributed by atoms with Crippen LogP contribution >= 0.6 is 11.3 Å². The molecule has 1 saturated carbocycles. The molecular weight excluding hydrogens is 682 g/mol. The van der Waals surface area contributed by atoms with Crippen molar-refractivity contribution in [2.45, 2.75) is 55.1 Å². The number of alkyl halides is 3. The number of methoxy groups -OCH3 is 2. The van der Waals surface area contributed by atoms with Crippen molar-refractivity contribution < 1.29 is 35.2 Å². The lowest BCUT2D eigenvalue weighted by atomic mass is 10.1. The van der Waals surface area contributed by atoms with Crippen LogP contribution in [-0.2, 0) is 27.3 Å². The first-order chi connectivity index (χ1) is 23.4. The third-order valence-corrected chi connectivity index (χ3v) is 10.7. The highest BCUT2D eigenvalue weighted by Crippen LogP contribution is 2.37. The van der Waals surface area contributed by atoms with Crippen LogP contribution in [-0.4, -0.2) is 74.2 Å². The Morgan fingerprint density at radius 3 is 2.43 bits per heavy atom. The summed E-state index contributed by atoms with van der Waals surface area (Å²) in [5, 5.41) is 12.3. The zero-order chi connectivity index (χ0) is 34.8. The fraction of sp³-hybridized carbons (Fsp3) is 0.333. The number of thiophene rings is 1. The van der Waals surface area contributed by atoms with Crippen molar-refractivity contribution in [1.82, 2.24) is 25.5 Å². The number of nitrogens with one attached hydrogen (secondary N) is 1. The largest absolute Gasteiger partial charge is 0.491 e. The standard InChI is InChI=1S/C33H33F3N6O5S2/c1-42(30-25-15-23(17-33(34,35)36)48-32(25)39-19-38-30)27-13-22(14-28(27)47-49(43,44)24-7-5-4-6-8-24)37-18-20-9-11-21(12-10-20)26-16-29(45-2)31(46-3)41-40-26/h4-12,15-16,19,22,27-28,37H,13-14,17-18H2,1-3H3/t22-,27+,28-/m1/s1. The molecule has 5 aromatic rings. The average Bonchev–Trinajstić information content (AvgIpc) is 3.69. The van der Waals surface area contributed by atoms with Gasteiger partial charge in [0.2, 0.25) is 0 Å². The topological polar surface area (TPSA) is 129 Å². The molecule has 0 radical (unpaired) electrons. The maximum atomic E-state index is 13.3. The van der Waals surface area contributed by atoms with Crippen molar-refractivity contribution in [3.8, 4) is 22.9 Å². The van der Waals surface area contributed by atoms with E-state index in [2.05, 4.69) is 25.5 Å². The second-order valence-electron chi connectivity index (χ2n) is 11.6. The van der Waals surface area contributed by atoms with Crippen molar-refractivity contribution in [2.75, 3.05) is 26.2 Å². The summed E-state index contributed by atoms with van der Waals surface area (Å²) in [4.78, 5) is 11.0. The molecule has 1 N–H and O–H groups in total. The van der Waals surface area contributed by atoms with E-state index in [0.29, 0.717) is 46.9 Å². The van der Waals surface area contributed by atoms with Gasteiger partial charge in [-0.15, -0.1) is 21.5 Å². The van der Waals surface area contributed by atoms with Crippen LogP contribution in [0.15, 0.2) is 78.0 Å². The summed E-state index contributed by atoms with van der Waals surface area (Å²) >= 11 is 0.959. The fourth-order valence-electron chi connectivity index (χ4n) is 5.92. The van der Waals surface area contributed by atoms with Gasteiger partial charge in [0.15, 0.2) is 5.75 Å². The van der Waals surface area contributed by atoms with Gasteiger partial charge in [-0.3, -0.25) is 4.18 Å². The molecule has 3 heterocycles. The molecule has 49 heavy (non-hydrogen) atoms. The molecule has 3 atom stereocenters. The van der Waals surface area contributed by atoms with Crippen molar-refractivity contribution in [3.05, 3.63) is 83.5 Å². The van der Waals surface area contributed by atoms with Crippen molar-refractivity contribution in [2.24, 2.45) is 0 Å². The summed E-state index contributed by atoms with van der Waals surface area (Å²) in [5.74, 6) is 1.16. The van der Waals surface area contributed by atoms with Gasteiger partial charge in [0.25, 0.3) is 16.0 Å². The molecule has 0 spiro atoms. The van der Waals surface area contributed by atoms with E-state index in [1.165, 1.54) is 38.7 Å². The highest BCUT2D eigenvalue weighted by molar-refractivity contribution is 7.86. The normalized spacial score (nSPS) is 18.1. The van der Waals surface area contributed by atoms with Crippen LogP contribution in [0.25, 0.3) is 21.5 Å². The lowest BCUT2D eigenvalue weighted by Gasteiger charge is -2.30. The molecule has 0 aliphatic heterocycles. The van der Waals surface area contributed by atoms with E-state index in [0.717, 1.165) is 22.5 Å². The van der Waals surface area contributed by atoms with E-state index >= 15 is 0 Å². The Morgan fingerprint density at radius 2 is 1.73 bits per heavy atom. The summed E-state index contributed by atoms with van der Waals surface area (Å²) in [6, 6.07) is 18.2. The summed E-state index contributed by atoms with van der Waals surface area (Å²) in [5.41, 5.74) is 2.44. The SMILES string of the molecule is COc1cc(-c2ccc(CN[C@H]3C[C@@H](OS(=O)(=O)c4ccccc4)[C@@H](N(C)c4ncnc5sc(CC(F)(F)F)cc45)C3)cc2)nnc1OC. The highest BCUT2D eigenvalue weighted by atomic mass is 32.2. The zero-order valence-electron chi connectivity index (χ0n) is 26.7. The van der Waals surface area contributed by atoms with Crippen LogP contribution in [0.5, 0.6) is 11.6 Å². The Balaban J connectivity index is 1.21. The zero-order valence-corrected chi connectivity index (χ0v) is 28.3. The van der Waals surface area contributed by atoms with E-state index in [1.54, 1.807) is 36.2 Å². The van der Waals surface area contributed by atoms with Crippen molar-refractivity contribution >= 4 is 37.5 Å². The van der Waals surface area contributed by atoms with Gasteiger partial charge in [0, 0.05) is 36.1 Å². The van der Waals surface area contributed by atoms with E-state index < -0.39 is 34.9 Å². The van der Waals surface area contributed by atoms with Crippen molar-refractivity contribution in [3.63, 3.8) is 0 Å². The predicted octanol–water partition coefficient (Wildman–Crippen LogP) is 5.80. The molecule has 0 amide bonds. The molecule has 0 saturated heterocycles. The number of anilines is 1. The molecule has 2 aromatic carbocycles. The number of hydrogen-bond donors (Lipinski definition) is 1. The minimum Gasteiger partial charge on any atom is -0.491 e. The van der Waals surface area contributed by atoms with E-state index in [1.807, 2.05) is 24.3 Å². The van der Waals surface area contributed by atoms with Gasteiger partial charge in [-0.2, -0.15) is 21.6 Å². The molecule has 11 nitrogen and oxygen atoms in total. The van der Waals surface area contributed by atoms with Gasteiger partial charge in [-0.25, -0.2) is 9.97 Å². The van der Waals surface area contributed by atoms with Crippen molar-refractivity contribution in [1.29, 1.82) is 0 Å². The van der Waals surface area contributed by atoms with Gasteiger partial charge in [0.05, 0.1) is 48.8 Å². The van der Waals surface area contributed by atoms with E-state index in [-0.39, 0.29) is 21.7 Å². The summed E-state index contributed by atoms with van der Waals surface area (Å²) in [6.45, 7) is 0.486. The number of fused-ring (bicyclic) bond motifs is 1. The molecule has 1 aliphatic rings. The maximum Gasteiger partial charge on any atom is 0.393 e. The Kier molecular flexibility index (Phi) is 10.0. The first-order valence-electron chi connectivity index (χ1n) is 15.2. The number of likely N-dealkylation sites (N-methyl/N-ethyl adjacent to an activating group) is 1. The molecule has 258 valence electrons. The molecule has 0 unspecified atom stereocenters. The summed E-state index contributed by atoms with van der Waals surface area (Å²) < 4.78 is 82.6. The average molecular weight is 715 g/mol. The van der Waals surface area contributed by atoms with Crippen LogP contribution in [0, 0.1) is 0 Å². The number of ether oxygens (including phenoxy) is 2. The van der Waals surface area contributed by atoms with Crippen LogP contribution in [0.4, 0.5) is 19.0 Å². The van der Waals surface area contributed by atoms with E-state index in [4.69, 9.17) is 13.7 Å². The third kappa shape index (κ3) is 7.93. The minimum absolute atomic E-state index is 0.0334. The quantitative estimate of drug-likeness (QED) is 0.158. The number of halogens is 3. The molecule has 1 aliphatic carbocycles. The van der Waals surface area contributed by atoms with Crippen LogP contribution in [0.3, 0.4) is 0 Å². The van der Waals surface area contributed by atoms with E-state index in [9.17, 15) is 21.6 Å². The second kappa shape index (κ2) is 14.2. The summed E-state index contributed by atoms with van der Waals surface area (Å²) in [7, 11) is 0.646. The van der Waals surface area contributed by atoms with Gasteiger partial charge in [0.1, 0.15) is 17.0 Å². The highest BCUT2D eigenvalue weighted by Gasteiger charge is 2.41.